The van der Waals surface area contributed by atoms with E-state index in [2.05, 4.69) is 34.1 Å². The normalized spacial score (nSPS) is 11.2. The van der Waals surface area contributed by atoms with E-state index in [1.165, 1.54) is 5.56 Å². The molecule has 0 saturated heterocycles. The average molecular weight is 357 g/mol. The molecule has 3 aromatic rings. The van der Waals surface area contributed by atoms with Gasteiger partial charge in [0, 0.05) is 24.6 Å². The van der Waals surface area contributed by atoms with Crippen molar-refractivity contribution in [3.05, 3.63) is 41.6 Å². The largest absolute Gasteiger partial charge is 0.491 e. The van der Waals surface area contributed by atoms with E-state index < -0.39 is 0 Å². The van der Waals surface area contributed by atoms with Crippen molar-refractivity contribution in [2.45, 2.75) is 20.8 Å². The molecular formula is C19H23N3O2S. The Balaban J connectivity index is 2.00. The minimum absolute atomic E-state index is 0.524. The minimum atomic E-state index is 0.524. The Morgan fingerprint density at radius 2 is 2.00 bits per heavy atom. The highest BCUT2D eigenvalue weighted by atomic mass is 32.2. The molecule has 0 amide bonds. The lowest BCUT2D eigenvalue weighted by Gasteiger charge is -2.12. The number of aromatic nitrogens is 3. The third-order valence-electron chi connectivity index (χ3n) is 4.01. The number of imidazole rings is 1. The van der Waals surface area contributed by atoms with Crippen LogP contribution in [0.3, 0.4) is 0 Å². The molecule has 0 saturated carbocycles. The van der Waals surface area contributed by atoms with Gasteiger partial charge in [0.2, 0.25) is 0 Å². The van der Waals surface area contributed by atoms with Crippen LogP contribution >= 0.6 is 11.9 Å². The van der Waals surface area contributed by atoms with Crippen LogP contribution in [0.15, 0.2) is 30.5 Å². The van der Waals surface area contributed by atoms with Gasteiger partial charge < -0.3 is 9.47 Å². The fourth-order valence-corrected chi connectivity index (χ4v) is 3.41. The van der Waals surface area contributed by atoms with Gasteiger partial charge in [-0.2, -0.15) is 0 Å². The molecule has 0 aliphatic heterocycles. The zero-order chi connectivity index (χ0) is 17.8. The Labute approximate surface area is 152 Å². The molecule has 0 unspecified atom stereocenters. The van der Waals surface area contributed by atoms with E-state index in [9.17, 15) is 0 Å². The molecule has 3 rings (SSSR count). The number of benzene rings is 1. The van der Waals surface area contributed by atoms with Gasteiger partial charge in [-0.05, 0) is 56.5 Å². The van der Waals surface area contributed by atoms with Crippen molar-refractivity contribution in [1.29, 1.82) is 0 Å². The molecule has 2 aromatic heterocycles. The summed E-state index contributed by atoms with van der Waals surface area (Å²) >= 11 is 1.62. The predicted molar refractivity (Wildman–Crippen MR) is 103 cm³/mol. The number of nitrogens with zero attached hydrogens (tertiary/aromatic N) is 3. The predicted octanol–water partition coefficient (Wildman–Crippen LogP) is 4.26. The van der Waals surface area contributed by atoms with Gasteiger partial charge in [-0.25, -0.2) is 4.98 Å². The zero-order valence-electron chi connectivity index (χ0n) is 15.1. The maximum Gasteiger partial charge on any atom is 0.170 e. The van der Waals surface area contributed by atoms with Crippen LogP contribution in [0.25, 0.3) is 22.6 Å². The highest BCUT2D eigenvalue weighted by Gasteiger charge is 2.17. The summed E-state index contributed by atoms with van der Waals surface area (Å²) in [6.07, 6.45) is 3.82. The highest BCUT2D eigenvalue weighted by molar-refractivity contribution is 7.97. The smallest absolute Gasteiger partial charge is 0.170 e. The molecular weight excluding hydrogens is 334 g/mol. The quantitative estimate of drug-likeness (QED) is 0.592. The molecule has 1 aromatic carbocycles. The number of hydrogen-bond donors (Lipinski definition) is 0. The third-order valence-corrected chi connectivity index (χ3v) is 4.74. The van der Waals surface area contributed by atoms with Crippen molar-refractivity contribution in [3.63, 3.8) is 0 Å². The molecule has 6 heteroatoms. The number of rotatable bonds is 7. The fourth-order valence-electron chi connectivity index (χ4n) is 2.76. The second-order valence-corrected chi connectivity index (χ2v) is 6.46. The molecule has 2 heterocycles. The number of hydrogen-bond acceptors (Lipinski definition) is 5. The summed E-state index contributed by atoms with van der Waals surface area (Å²) in [6.45, 7) is 7.87. The van der Waals surface area contributed by atoms with Crippen molar-refractivity contribution < 1.29 is 9.47 Å². The lowest BCUT2D eigenvalue weighted by atomic mass is 10.2. The number of pyridine rings is 1. The Morgan fingerprint density at radius 3 is 2.76 bits per heavy atom. The summed E-state index contributed by atoms with van der Waals surface area (Å²) < 4.78 is 13.3. The Morgan fingerprint density at radius 1 is 1.16 bits per heavy atom. The van der Waals surface area contributed by atoms with E-state index in [1.807, 2.05) is 26.2 Å². The van der Waals surface area contributed by atoms with Crippen LogP contribution in [0.4, 0.5) is 0 Å². The van der Waals surface area contributed by atoms with Crippen molar-refractivity contribution in [1.82, 2.24) is 13.9 Å². The molecule has 0 aliphatic carbocycles. The average Bonchev–Trinajstić information content (AvgIpc) is 2.97. The molecule has 0 atom stereocenters. The SMILES string of the molecule is CCOCCOc1ccnc(-c2nc3cc(C)ccc3n2SC)c1C. The fraction of sp³-hybridized carbons (Fsp3) is 0.368. The zero-order valence-corrected chi connectivity index (χ0v) is 15.9. The number of fused-ring (bicyclic) bond motifs is 1. The number of aryl methyl sites for hydroxylation is 1. The van der Waals surface area contributed by atoms with Crippen LogP contribution in [-0.4, -0.2) is 40.0 Å². The second kappa shape index (κ2) is 7.89. The van der Waals surface area contributed by atoms with Gasteiger partial charge >= 0.3 is 0 Å². The van der Waals surface area contributed by atoms with Gasteiger partial charge in [-0.1, -0.05) is 6.07 Å². The molecule has 5 nitrogen and oxygen atoms in total. The maximum absolute atomic E-state index is 5.86. The monoisotopic (exact) mass is 357 g/mol. The van der Waals surface area contributed by atoms with E-state index in [1.54, 1.807) is 18.1 Å². The van der Waals surface area contributed by atoms with Crippen LogP contribution in [0.1, 0.15) is 18.1 Å². The molecule has 132 valence electrons. The van der Waals surface area contributed by atoms with E-state index >= 15 is 0 Å². The lowest BCUT2D eigenvalue weighted by molar-refractivity contribution is 0.110. The van der Waals surface area contributed by atoms with Gasteiger partial charge in [0.05, 0.1) is 17.6 Å². The van der Waals surface area contributed by atoms with Gasteiger partial charge in [0.25, 0.3) is 0 Å². The van der Waals surface area contributed by atoms with Crippen molar-refractivity contribution >= 4 is 23.0 Å². The summed E-state index contributed by atoms with van der Waals surface area (Å²) in [7, 11) is 0. The molecule has 0 spiro atoms. The Kier molecular flexibility index (Phi) is 5.60. The lowest BCUT2D eigenvalue weighted by Crippen LogP contribution is -2.08. The van der Waals surface area contributed by atoms with Gasteiger partial charge in [-0.3, -0.25) is 8.96 Å². The summed E-state index contributed by atoms with van der Waals surface area (Å²) in [5, 5.41) is 0. The minimum Gasteiger partial charge on any atom is -0.491 e. The first-order chi connectivity index (χ1) is 12.2. The van der Waals surface area contributed by atoms with Crippen LogP contribution in [0, 0.1) is 13.8 Å². The molecule has 0 aliphatic rings. The van der Waals surface area contributed by atoms with Crippen LogP contribution < -0.4 is 4.74 Å². The molecule has 0 fully saturated rings. The van der Waals surface area contributed by atoms with E-state index in [0.717, 1.165) is 33.9 Å². The van der Waals surface area contributed by atoms with Crippen molar-refractivity contribution in [2.24, 2.45) is 0 Å². The summed E-state index contributed by atoms with van der Waals surface area (Å²) in [5.74, 6) is 1.67. The molecule has 25 heavy (non-hydrogen) atoms. The Hall–Kier alpha value is -2.05. The van der Waals surface area contributed by atoms with Crippen LogP contribution in [0.5, 0.6) is 5.75 Å². The first-order valence-corrected chi connectivity index (χ1v) is 9.54. The standard InChI is InChI=1S/C19H23N3O2S/c1-5-23-10-11-24-17-8-9-20-18(14(17)3)19-21-15-12-13(2)6-7-16(15)22(19)25-4/h6-9,12H,5,10-11H2,1-4H3. The maximum atomic E-state index is 5.86. The van der Waals surface area contributed by atoms with Gasteiger partial charge in [-0.15, -0.1) is 0 Å². The molecule has 0 N–H and O–H groups in total. The highest BCUT2D eigenvalue weighted by Crippen LogP contribution is 2.32. The van der Waals surface area contributed by atoms with Crippen LogP contribution in [0.2, 0.25) is 0 Å². The molecule has 0 radical (unpaired) electrons. The van der Waals surface area contributed by atoms with E-state index in [4.69, 9.17) is 14.5 Å². The summed E-state index contributed by atoms with van der Waals surface area (Å²) in [5.41, 5.74) is 5.10. The van der Waals surface area contributed by atoms with Gasteiger partial charge in [0.1, 0.15) is 18.1 Å². The summed E-state index contributed by atoms with van der Waals surface area (Å²) in [6, 6.07) is 8.20. The van der Waals surface area contributed by atoms with E-state index in [0.29, 0.717) is 19.8 Å². The second-order valence-electron chi connectivity index (χ2n) is 5.73. The third kappa shape index (κ3) is 3.65. The van der Waals surface area contributed by atoms with E-state index in [-0.39, 0.29) is 0 Å². The van der Waals surface area contributed by atoms with Crippen molar-refractivity contribution in [2.75, 3.05) is 26.1 Å². The van der Waals surface area contributed by atoms with Crippen molar-refractivity contribution in [3.8, 4) is 17.3 Å². The van der Waals surface area contributed by atoms with Gasteiger partial charge in [0.15, 0.2) is 5.82 Å². The first kappa shape index (κ1) is 17.8. The number of ether oxygens (including phenoxy) is 2. The molecule has 0 bridgehead atoms. The topological polar surface area (TPSA) is 49.2 Å². The first-order valence-electron chi connectivity index (χ1n) is 8.35. The van der Waals surface area contributed by atoms with Crippen LogP contribution in [-0.2, 0) is 4.74 Å². The Bertz CT molecular complexity index is 876. The summed E-state index contributed by atoms with van der Waals surface area (Å²) in [4.78, 5) is 9.40.